The summed E-state index contributed by atoms with van der Waals surface area (Å²) >= 11 is 6.81. The Balaban J connectivity index is 2.60. The van der Waals surface area contributed by atoms with Crippen molar-refractivity contribution in [2.45, 2.75) is 19.2 Å². The van der Waals surface area contributed by atoms with E-state index in [2.05, 4.69) is 0 Å². The first-order chi connectivity index (χ1) is 7.73. The van der Waals surface area contributed by atoms with Gasteiger partial charge in [-0.15, -0.1) is 11.3 Å². The standard InChI is InChI=1S/C9H9ClF3NO2S/c1-4-3-17-7(6(4)10)8(16)14-2-5(15)9(11,12)13/h3,5,15H,2H2,1H3,(H,14,16). The van der Waals surface area contributed by atoms with Crippen LogP contribution in [0.15, 0.2) is 5.38 Å². The number of thiophene rings is 1. The van der Waals surface area contributed by atoms with Gasteiger partial charge in [-0.1, -0.05) is 11.6 Å². The maximum Gasteiger partial charge on any atom is 0.416 e. The van der Waals surface area contributed by atoms with Gasteiger partial charge in [0.2, 0.25) is 0 Å². The molecule has 0 aromatic carbocycles. The van der Waals surface area contributed by atoms with E-state index in [1.807, 2.05) is 5.32 Å². The third kappa shape index (κ3) is 3.58. The van der Waals surface area contributed by atoms with Crippen LogP contribution in [-0.2, 0) is 0 Å². The minimum Gasteiger partial charge on any atom is -0.382 e. The van der Waals surface area contributed by atoms with Gasteiger partial charge in [0.1, 0.15) is 4.88 Å². The van der Waals surface area contributed by atoms with Crippen molar-refractivity contribution >= 4 is 28.8 Å². The highest BCUT2D eigenvalue weighted by Crippen LogP contribution is 2.27. The summed E-state index contributed by atoms with van der Waals surface area (Å²) in [5.41, 5.74) is 0.679. The van der Waals surface area contributed by atoms with Gasteiger partial charge in [-0.05, 0) is 17.9 Å². The number of amides is 1. The zero-order valence-electron chi connectivity index (χ0n) is 8.64. The molecule has 0 radical (unpaired) electrons. The molecule has 1 aromatic heterocycles. The van der Waals surface area contributed by atoms with Crippen LogP contribution in [0, 0.1) is 6.92 Å². The highest BCUT2D eigenvalue weighted by Gasteiger charge is 2.38. The minimum absolute atomic E-state index is 0.138. The number of carbonyl (C=O) groups is 1. The average molecular weight is 288 g/mol. The summed E-state index contributed by atoms with van der Waals surface area (Å²) in [5, 5.41) is 12.5. The molecular formula is C9H9ClF3NO2S. The highest BCUT2D eigenvalue weighted by molar-refractivity contribution is 7.13. The van der Waals surface area contributed by atoms with Crippen molar-refractivity contribution in [3.05, 3.63) is 20.8 Å². The van der Waals surface area contributed by atoms with Crippen LogP contribution < -0.4 is 5.32 Å². The number of nitrogens with one attached hydrogen (secondary N) is 1. The predicted octanol–water partition coefficient (Wildman–Crippen LogP) is 2.36. The Hall–Kier alpha value is -0.790. The number of aliphatic hydroxyl groups excluding tert-OH is 1. The van der Waals surface area contributed by atoms with E-state index in [0.29, 0.717) is 5.56 Å². The third-order valence-electron chi connectivity index (χ3n) is 1.94. The fourth-order valence-corrected chi connectivity index (χ4v) is 2.16. The van der Waals surface area contributed by atoms with Crippen molar-refractivity contribution in [2.24, 2.45) is 0 Å². The Kier molecular flexibility index (Phi) is 4.40. The molecule has 1 unspecified atom stereocenters. The van der Waals surface area contributed by atoms with E-state index in [9.17, 15) is 18.0 Å². The molecule has 2 N–H and O–H groups in total. The van der Waals surface area contributed by atoms with Gasteiger partial charge >= 0.3 is 6.18 Å². The Bertz CT molecular complexity index is 419. The van der Waals surface area contributed by atoms with Crippen LogP contribution in [0.1, 0.15) is 15.2 Å². The molecule has 0 saturated carbocycles. The quantitative estimate of drug-likeness (QED) is 0.897. The van der Waals surface area contributed by atoms with E-state index < -0.39 is 24.7 Å². The summed E-state index contributed by atoms with van der Waals surface area (Å²) < 4.78 is 35.9. The van der Waals surface area contributed by atoms with E-state index in [1.165, 1.54) is 0 Å². The van der Waals surface area contributed by atoms with Gasteiger partial charge in [-0.2, -0.15) is 13.2 Å². The van der Waals surface area contributed by atoms with Crippen molar-refractivity contribution in [2.75, 3.05) is 6.54 Å². The molecule has 0 bridgehead atoms. The molecule has 1 amide bonds. The van der Waals surface area contributed by atoms with Gasteiger partial charge in [0.05, 0.1) is 11.6 Å². The first kappa shape index (κ1) is 14.3. The van der Waals surface area contributed by atoms with Crippen LogP contribution in [0.25, 0.3) is 0 Å². The average Bonchev–Trinajstić information content (AvgIpc) is 2.54. The topological polar surface area (TPSA) is 49.3 Å². The molecule has 0 aliphatic rings. The molecule has 8 heteroatoms. The zero-order valence-corrected chi connectivity index (χ0v) is 10.2. The largest absolute Gasteiger partial charge is 0.416 e. The van der Waals surface area contributed by atoms with E-state index in [1.54, 1.807) is 12.3 Å². The first-order valence-electron chi connectivity index (χ1n) is 4.50. The number of aliphatic hydroxyl groups is 1. The Morgan fingerprint density at radius 3 is 2.65 bits per heavy atom. The third-order valence-corrected chi connectivity index (χ3v) is 3.63. The fraction of sp³-hybridized carbons (Fsp3) is 0.444. The maximum absolute atomic E-state index is 12.0. The summed E-state index contributed by atoms with van der Waals surface area (Å²) in [5.74, 6) is -0.726. The molecule has 0 fully saturated rings. The van der Waals surface area contributed by atoms with Crippen molar-refractivity contribution in [3.8, 4) is 0 Å². The van der Waals surface area contributed by atoms with E-state index in [-0.39, 0.29) is 9.90 Å². The lowest BCUT2D eigenvalue weighted by Crippen LogP contribution is -2.40. The summed E-state index contributed by atoms with van der Waals surface area (Å²) in [4.78, 5) is 11.6. The summed E-state index contributed by atoms with van der Waals surface area (Å²) in [6.45, 7) is 0.787. The molecule has 1 heterocycles. The minimum atomic E-state index is -4.75. The predicted molar refractivity (Wildman–Crippen MR) is 58.5 cm³/mol. The second-order valence-electron chi connectivity index (χ2n) is 3.33. The molecule has 0 saturated heterocycles. The van der Waals surface area contributed by atoms with E-state index >= 15 is 0 Å². The second kappa shape index (κ2) is 5.24. The van der Waals surface area contributed by atoms with Gasteiger partial charge in [-0.25, -0.2) is 0 Å². The first-order valence-corrected chi connectivity index (χ1v) is 5.75. The molecule has 3 nitrogen and oxygen atoms in total. The van der Waals surface area contributed by atoms with Gasteiger partial charge in [0.25, 0.3) is 5.91 Å². The number of hydrogen-bond donors (Lipinski definition) is 2. The van der Waals surface area contributed by atoms with Crippen LogP contribution >= 0.6 is 22.9 Å². The number of alkyl halides is 3. The summed E-state index contributed by atoms with van der Waals surface area (Å²) in [7, 11) is 0. The van der Waals surface area contributed by atoms with Gasteiger partial charge in [0.15, 0.2) is 6.10 Å². The van der Waals surface area contributed by atoms with Gasteiger partial charge in [-0.3, -0.25) is 4.79 Å². The fourth-order valence-electron chi connectivity index (χ4n) is 0.968. The van der Waals surface area contributed by atoms with E-state index in [4.69, 9.17) is 16.7 Å². The number of carbonyl (C=O) groups excluding carboxylic acids is 1. The lowest BCUT2D eigenvalue weighted by Gasteiger charge is -2.14. The van der Waals surface area contributed by atoms with Crippen LogP contribution in [0.3, 0.4) is 0 Å². The van der Waals surface area contributed by atoms with E-state index in [0.717, 1.165) is 11.3 Å². The normalized spacial score (nSPS) is 13.5. The Morgan fingerprint density at radius 1 is 1.65 bits per heavy atom. The molecule has 1 aromatic rings. The Morgan fingerprint density at radius 2 is 2.24 bits per heavy atom. The Labute approximate surface area is 104 Å². The molecule has 0 aliphatic heterocycles. The molecule has 96 valence electrons. The molecule has 1 atom stereocenters. The van der Waals surface area contributed by atoms with Crippen LogP contribution in [0.2, 0.25) is 5.02 Å². The molecule has 1 rings (SSSR count). The van der Waals surface area contributed by atoms with Crippen LogP contribution in [0.4, 0.5) is 13.2 Å². The van der Waals surface area contributed by atoms with Crippen molar-refractivity contribution in [1.29, 1.82) is 0 Å². The SMILES string of the molecule is Cc1csc(C(=O)NCC(O)C(F)(F)F)c1Cl. The van der Waals surface area contributed by atoms with Crippen molar-refractivity contribution in [1.82, 2.24) is 5.32 Å². The zero-order chi connectivity index (χ0) is 13.2. The smallest absolute Gasteiger partial charge is 0.382 e. The number of halogens is 4. The number of rotatable bonds is 3. The lowest BCUT2D eigenvalue weighted by molar-refractivity contribution is -0.201. The molecule has 0 aliphatic carbocycles. The monoisotopic (exact) mass is 287 g/mol. The molecule has 0 spiro atoms. The molecular weight excluding hydrogens is 279 g/mol. The maximum atomic E-state index is 12.0. The summed E-state index contributed by atoms with van der Waals surface area (Å²) in [6, 6.07) is 0. The number of aryl methyl sites for hydroxylation is 1. The number of hydrogen-bond acceptors (Lipinski definition) is 3. The van der Waals surface area contributed by atoms with Gasteiger partial charge < -0.3 is 10.4 Å². The van der Waals surface area contributed by atoms with Crippen LogP contribution in [-0.4, -0.2) is 29.8 Å². The van der Waals surface area contributed by atoms with Crippen molar-refractivity contribution < 1.29 is 23.1 Å². The lowest BCUT2D eigenvalue weighted by atomic mass is 10.3. The van der Waals surface area contributed by atoms with Crippen LogP contribution in [0.5, 0.6) is 0 Å². The second-order valence-corrected chi connectivity index (χ2v) is 4.59. The van der Waals surface area contributed by atoms with Gasteiger partial charge in [0, 0.05) is 0 Å². The summed E-state index contributed by atoms with van der Waals surface area (Å²) in [6.07, 6.45) is -7.33. The highest BCUT2D eigenvalue weighted by atomic mass is 35.5. The molecule has 17 heavy (non-hydrogen) atoms. The van der Waals surface area contributed by atoms with Crippen molar-refractivity contribution in [3.63, 3.8) is 0 Å².